The Hall–Kier alpha value is -5.22. The predicted molar refractivity (Wildman–Crippen MR) is 188 cm³/mol. The van der Waals surface area contributed by atoms with Gasteiger partial charge in [0.25, 0.3) is 0 Å². The van der Waals surface area contributed by atoms with E-state index in [0.29, 0.717) is 5.56 Å². The molecule has 7 amide bonds. The molecule has 15 N–H and O–H groups in total. The lowest BCUT2D eigenvalue weighted by Gasteiger charge is -2.27. The molecular weight excluding hydrogens is 716 g/mol. The minimum atomic E-state index is -1.78. The third-order valence-electron chi connectivity index (χ3n) is 7.78. The van der Waals surface area contributed by atoms with Crippen molar-refractivity contribution in [2.75, 3.05) is 19.8 Å². The SMILES string of the molecule is CC(C)C[C@H](N)C(=O)N[C@H](C(=O)N[C@@H](CCC(N)=O)C(=O)N[C@@H](CO)C(=O)N[C@@H](Cc1ccccc1)C(=O)N[C@@H](CO)C(=O)N[C@@H](CO)C(=O)O)[C@@H](C)O. The molecule has 0 aliphatic rings. The summed E-state index contributed by atoms with van der Waals surface area (Å²) in [6.45, 7) is 1.78. The van der Waals surface area contributed by atoms with Gasteiger partial charge < -0.3 is 68.9 Å². The number of carboxylic acids is 1. The van der Waals surface area contributed by atoms with E-state index in [2.05, 4.69) is 26.6 Å². The average molecular weight is 769 g/mol. The van der Waals surface area contributed by atoms with Crippen LogP contribution in [0.3, 0.4) is 0 Å². The molecule has 8 atom stereocenters. The van der Waals surface area contributed by atoms with Crippen LogP contribution in [0.5, 0.6) is 0 Å². The Morgan fingerprint density at radius 3 is 1.52 bits per heavy atom. The summed E-state index contributed by atoms with van der Waals surface area (Å²) in [5.41, 5.74) is 11.6. The fourth-order valence-electron chi connectivity index (χ4n) is 4.82. The summed E-state index contributed by atoms with van der Waals surface area (Å²) in [6.07, 6.45) is -2.29. The molecule has 0 aromatic heterocycles. The van der Waals surface area contributed by atoms with Crippen LogP contribution < -0.4 is 43.4 Å². The third-order valence-corrected chi connectivity index (χ3v) is 7.78. The molecule has 0 fully saturated rings. The molecule has 0 bridgehead atoms. The normalized spacial score (nSPS) is 15.5. The molecule has 0 unspecified atom stereocenters. The lowest BCUT2D eigenvalue weighted by Crippen LogP contribution is -2.62. The van der Waals surface area contributed by atoms with Gasteiger partial charge in [0.2, 0.25) is 41.4 Å². The van der Waals surface area contributed by atoms with Crippen LogP contribution in [0, 0.1) is 5.92 Å². The Balaban J connectivity index is 3.25. The van der Waals surface area contributed by atoms with Crippen molar-refractivity contribution in [1.82, 2.24) is 31.9 Å². The second-order valence-electron chi connectivity index (χ2n) is 12.8. The van der Waals surface area contributed by atoms with E-state index < -0.39 is 128 Å². The summed E-state index contributed by atoms with van der Waals surface area (Å²) in [5, 5.41) is 61.7. The lowest BCUT2D eigenvalue weighted by molar-refractivity contribution is -0.143. The number of primary amides is 1. The number of nitrogens with two attached hydrogens (primary N) is 2. The van der Waals surface area contributed by atoms with Gasteiger partial charge in [-0.2, -0.15) is 0 Å². The van der Waals surface area contributed by atoms with E-state index >= 15 is 0 Å². The number of carboxylic acid groups (broad SMARTS) is 1. The number of hydrogen-bond donors (Lipinski definition) is 13. The van der Waals surface area contributed by atoms with E-state index in [-0.39, 0.29) is 18.8 Å². The first-order valence-electron chi connectivity index (χ1n) is 17.0. The first kappa shape index (κ1) is 46.8. The zero-order valence-corrected chi connectivity index (χ0v) is 30.2. The number of amides is 7. The highest BCUT2D eigenvalue weighted by Crippen LogP contribution is 2.07. The number of carbonyl (C=O) groups is 8. The number of aliphatic hydroxyl groups is 4. The van der Waals surface area contributed by atoms with E-state index in [1.54, 1.807) is 30.3 Å². The number of aliphatic carboxylic acids is 1. The number of carbonyl (C=O) groups excluding carboxylic acids is 7. The van der Waals surface area contributed by atoms with Gasteiger partial charge >= 0.3 is 5.97 Å². The molecule has 0 saturated heterocycles. The molecule has 0 radical (unpaired) electrons. The van der Waals surface area contributed by atoms with Crippen molar-refractivity contribution < 1.29 is 63.9 Å². The molecule has 1 aromatic rings. The summed E-state index contributed by atoms with van der Waals surface area (Å²) in [6, 6.07) is -2.89. The predicted octanol–water partition coefficient (Wildman–Crippen LogP) is -5.78. The van der Waals surface area contributed by atoms with Crippen LogP contribution >= 0.6 is 0 Å². The van der Waals surface area contributed by atoms with Gasteiger partial charge in [0, 0.05) is 12.8 Å². The van der Waals surface area contributed by atoms with Crippen LogP contribution in [0.1, 0.15) is 45.6 Å². The third kappa shape index (κ3) is 16.2. The van der Waals surface area contributed by atoms with Gasteiger partial charge in [0.1, 0.15) is 36.3 Å². The second kappa shape index (κ2) is 23.4. The fraction of sp³-hybridized carbons (Fsp3) is 0.576. The van der Waals surface area contributed by atoms with E-state index in [4.69, 9.17) is 16.6 Å². The molecule has 0 heterocycles. The lowest BCUT2D eigenvalue weighted by atomic mass is 10.0. The van der Waals surface area contributed by atoms with Gasteiger partial charge in [-0.15, -0.1) is 0 Å². The summed E-state index contributed by atoms with van der Waals surface area (Å²) in [7, 11) is 0. The minimum absolute atomic E-state index is 0.0287. The van der Waals surface area contributed by atoms with Crippen LogP contribution in [0.4, 0.5) is 0 Å². The topological polar surface area (TPSA) is 362 Å². The summed E-state index contributed by atoms with van der Waals surface area (Å²) >= 11 is 0. The Kier molecular flexibility index (Phi) is 20.3. The van der Waals surface area contributed by atoms with Gasteiger partial charge in [0.05, 0.1) is 32.0 Å². The molecule has 302 valence electrons. The van der Waals surface area contributed by atoms with Crippen molar-refractivity contribution in [2.24, 2.45) is 17.4 Å². The van der Waals surface area contributed by atoms with Crippen LogP contribution in [0.25, 0.3) is 0 Å². The zero-order valence-electron chi connectivity index (χ0n) is 30.2. The quantitative estimate of drug-likeness (QED) is 0.0466. The summed E-state index contributed by atoms with van der Waals surface area (Å²) in [5.74, 6) is -8.69. The first-order valence-corrected chi connectivity index (χ1v) is 17.0. The standard InChI is InChI=1S/C33H52N8O13/c1-16(2)11-19(34)27(47)41-26(17(3)45)32(52)36-20(9-10-25(35)46)28(48)38-22(13-42)30(50)37-21(12-18-7-5-4-6-8-18)29(49)39-23(14-43)31(51)40-24(15-44)33(53)54/h4-8,16-17,19-24,26,42-45H,9-15,34H2,1-3H3,(H2,35,46)(H,36,52)(H,37,50)(H,38,48)(H,39,49)(H,40,51)(H,41,47)(H,53,54)/t17-,19+,20+,21+,22+,23+,24+,26+/m1/s1. The minimum Gasteiger partial charge on any atom is -0.480 e. The van der Waals surface area contributed by atoms with Gasteiger partial charge in [-0.3, -0.25) is 33.6 Å². The number of aliphatic hydroxyl groups excluding tert-OH is 4. The van der Waals surface area contributed by atoms with Gasteiger partial charge in [0.15, 0.2) is 0 Å². The summed E-state index contributed by atoms with van der Waals surface area (Å²) < 4.78 is 0. The van der Waals surface area contributed by atoms with Crippen molar-refractivity contribution in [3.05, 3.63) is 35.9 Å². The maximum absolute atomic E-state index is 13.4. The Morgan fingerprint density at radius 2 is 1.07 bits per heavy atom. The van der Waals surface area contributed by atoms with E-state index in [9.17, 15) is 58.8 Å². The van der Waals surface area contributed by atoms with Gasteiger partial charge in [-0.05, 0) is 31.2 Å². The second-order valence-corrected chi connectivity index (χ2v) is 12.8. The highest BCUT2D eigenvalue weighted by molar-refractivity contribution is 5.97. The van der Waals surface area contributed by atoms with E-state index in [1.807, 2.05) is 19.2 Å². The molecular formula is C33H52N8O13. The van der Waals surface area contributed by atoms with Crippen molar-refractivity contribution >= 4 is 47.3 Å². The smallest absolute Gasteiger partial charge is 0.328 e. The fourth-order valence-corrected chi connectivity index (χ4v) is 4.82. The van der Waals surface area contributed by atoms with E-state index in [1.165, 1.54) is 6.92 Å². The number of hydrogen-bond acceptors (Lipinski definition) is 13. The Bertz CT molecular complexity index is 1450. The highest BCUT2D eigenvalue weighted by atomic mass is 16.4. The van der Waals surface area contributed by atoms with Crippen molar-refractivity contribution in [2.45, 2.75) is 94.9 Å². The monoisotopic (exact) mass is 768 g/mol. The molecule has 54 heavy (non-hydrogen) atoms. The van der Waals surface area contributed by atoms with E-state index in [0.717, 1.165) is 0 Å². The van der Waals surface area contributed by atoms with Crippen LogP contribution in [0.2, 0.25) is 0 Å². The maximum atomic E-state index is 13.4. The number of nitrogens with one attached hydrogen (secondary N) is 6. The first-order chi connectivity index (χ1) is 25.3. The molecule has 1 aromatic carbocycles. The van der Waals surface area contributed by atoms with Gasteiger partial charge in [-0.25, -0.2) is 4.79 Å². The molecule has 0 aliphatic carbocycles. The molecule has 0 spiro atoms. The van der Waals surface area contributed by atoms with Crippen LogP contribution in [-0.4, -0.2) is 141 Å². The number of rotatable bonds is 24. The van der Waals surface area contributed by atoms with Crippen molar-refractivity contribution in [3.63, 3.8) is 0 Å². The van der Waals surface area contributed by atoms with Crippen molar-refractivity contribution in [3.8, 4) is 0 Å². The molecule has 0 aliphatic heterocycles. The van der Waals surface area contributed by atoms with Crippen LogP contribution in [-0.2, 0) is 44.8 Å². The molecule has 21 heteroatoms. The summed E-state index contributed by atoms with van der Waals surface area (Å²) in [4.78, 5) is 101. The molecule has 21 nitrogen and oxygen atoms in total. The average Bonchev–Trinajstić information content (AvgIpc) is 3.11. The number of benzene rings is 1. The maximum Gasteiger partial charge on any atom is 0.328 e. The van der Waals surface area contributed by atoms with Gasteiger partial charge in [-0.1, -0.05) is 44.2 Å². The van der Waals surface area contributed by atoms with Crippen LogP contribution in [0.15, 0.2) is 30.3 Å². The Labute approximate surface area is 311 Å². The Morgan fingerprint density at radius 1 is 0.630 bits per heavy atom. The van der Waals surface area contributed by atoms with Crippen molar-refractivity contribution in [1.29, 1.82) is 0 Å². The molecule has 1 rings (SSSR count). The zero-order chi connectivity index (χ0) is 41.1. The highest BCUT2D eigenvalue weighted by Gasteiger charge is 2.34. The molecule has 0 saturated carbocycles. The largest absolute Gasteiger partial charge is 0.480 e.